The third kappa shape index (κ3) is 4.30. The maximum Gasteiger partial charge on any atom is 0.122 e. The van der Waals surface area contributed by atoms with Crippen molar-refractivity contribution >= 4 is 32.6 Å². The Balaban J connectivity index is 1.13. The molecule has 0 fully saturated rings. The molecule has 0 saturated carbocycles. The van der Waals surface area contributed by atoms with Crippen LogP contribution in [0, 0.1) is 0 Å². The molecule has 0 aliphatic heterocycles. The van der Waals surface area contributed by atoms with Crippen molar-refractivity contribution in [3.05, 3.63) is 175 Å². The molecule has 0 N–H and O–H groups in total. The summed E-state index contributed by atoms with van der Waals surface area (Å²) >= 11 is 0. The van der Waals surface area contributed by atoms with Crippen LogP contribution in [-0.2, 0) is 5.41 Å². The lowest BCUT2D eigenvalue weighted by molar-refractivity contribution is 0.660. The van der Waals surface area contributed by atoms with E-state index < -0.39 is 0 Å². The second kappa shape index (κ2) is 10.8. The highest BCUT2D eigenvalue weighted by Crippen LogP contribution is 2.50. The number of para-hydroxylation sites is 1. The number of aromatic nitrogens is 3. The monoisotopic (exact) mass is 639 g/mol. The van der Waals surface area contributed by atoms with Crippen LogP contribution in [0.5, 0.6) is 0 Å². The van der Waals surface area contributed by atoms with Crippen molar-refractivity contribution in [3.63, 3.8) is 0 Å². The zero-order valence-electron chi connectivity index (χ0n) is 27.9. The minimum absolute atomic E-state index is 0.0550. The van der Waals surface area contributed by atoms with E-state index >= 15 is 0 Å². The molecule has 0 bridgehead atoms. The van der Waals surface area contributed by atoms with Gasteiger partial charge in [0, 0.05) is 10.8 Å². The van der Waals surface area contributed by atoms with E-state index in [0.717, 1.165) is 27.5 Å². The molecule has 0 spiro atoms. The Bertz CT molecular complexity index is 2790. The molecule has 9 aromatic rings. The molecule has 236 valence electrons. The van der Waals surface area contributed by atoms with E-state index in [-0.39, 0.29) is 5.41 Å². The normalized spacial score (nSPS) is 13.2. The van der Waals surface area contributed by atoms with E-state index in [1.165, 1.54) is 66.4 Å². The molecular formula is C47H33N3. The summed E-state index contributed by atoms with van der Waals surface area (Å²) in [4.78, 5) is 1.75. The molecular weight excluding hydrogens is 607 g/mol. The van der Waals surface area contributed by atoms with Crippen molar-refractivity contribution < 1.29 is 0 Å². The molecule has 3 nitrogen and oxygen atoms in total. The lowest BCUT2D eigenvalue weighted by Crippen LogP contribution is -2.14. The van der Waals surface area contributed by atoms with Crippen molar-refractivity contribution in [2.45, 2.75) is 19.3 Å². The van der Waals surface area contributed by atoms with E-state index in [2.05, 4.69) is 147 Å². The standard InChI is InChI=1S/C47H33N3/c1-47(2)42-19-11-10-18-39(42)40-26-24-33(29-43(40)47)36-15-7-9-17-38(36)37-16-8-6-14-35(37)32-23-21-30-20-22-31-25-27-44-46(45(31)41(30)28-32)49-50(48-44)34-12-4-3-5-13-34/h3-29H,1-2H3. The summed E-state index contributed by atoms with van der Waals surface area (Å²) in [6, 6.07) is 59.2. The summed E-state index contributed by atoms with van der Waals surface area (Å²) in [7, 11) is 0. The predicted molar refractivity (Wildman–Crippen MR) is 208 cm³/mol. The third-order valence-electron chi connectivity index (χ3n) is 10.7. The predicted octanol–water partition coefficient (Wildman–Crippen LogP) is 12.0. The number of hydrogen-bond donors (Lipinski definition) is 0. The fraction of sp³-hybridized carbons (Fsp3) is 0.0638. The van der Waals surface area contributed by atoms with Gasteiger partial charge in [0.25, 0.3) is 0 Å². The largest absolute Gasteiger partial charge is 0.150 e. The van der Waals surface area contributed by atoms with Gasteiger partial charge in [-0.15, -0.1) is 10.2 Å². The molecule has 1 heterocycles. The molecule has 10 rings (SSSR count). The Labute approximate surface area is 291 Å². The topological polar surface area (TPSA) is 30.7 Å². The SMILES string of the molecule is CC1(C)c2ccccc2-c2ccc(-c3ccccc3-c3ccccc3-c3ccc4ccc5ccc6nn(-c7ccccc7)nc6c5c4c3)cc21. The highest BCUT2D eigenvalue weighted by molar-refractivity contribution is 6.19. The minimum Gasteiger partial charge on any atom is -0.150 e. The van der Waals surface area contributed by atoms with E-state index in [9.17, 15) is 0 Å². The summed E-state index contributed by atoms with van der Waals surface area (Å²) in [5.41, 5.74) is 15.4. The summed E-state index contributed by atoms with van der Waals surface area (Å²) in [5.74, 6) is 0. The van der Waals surface area contributed by atoms with Crippen LogP contribution in [0.1, 0.15) is 25.0 Å². The van der Waals surface area contributed by atoms with Crippen LogP contribution >= 0.6 is 0 Å². The Kier molecular flexibility index (Phi) is 6.22. The first-order chi connectivity index (χ1) is 24.5. The maximum atomic E-state index is 5.03. The Morgan fingerprint density at radius 1 is 0.440 bits per heavy atom. The van der Waals surface area contributed by atoms with Crippen molar-refractivity contribution in [1.82, 2.24) is 15.0 Å². The first-order valence-corrected chi connectivity index (χ1v) is 17.3. The first kappa shape index (κ1) is 28.7. The zero-order valence-corrected chi connectivity index (χ0v) is 27.9. The van der Waals surface area contributed by atoms with Crippen LogP contribution in [0.3, 0.4) is 0 Å². The summed E-state index contributed by atoms with van der Waals surface area (Å²) in [6.45, 7) is 4.70. The van der Waals surface area contributed by atoms with Gasteiger partial charge in [-0.3, -0.25) is 0 Å². The minimum atomic E-state index is -0.0550. The Hall–Kier alpha value is -6.32. The second-order valence-electron chi connectivity index (χ2n) is 13.9. The first-order valence-electron chi connectivity index (χ1n) is 17.3. The molecule has 0 saturated heterocycles. The molecule has 1 aliphatic carbocycles. The molecule has 8 aromatic carbocycles. The van der Waals surface area contributed by atoms with E-state index in [1.807, 2.05) is 30.3 Å². The number of hydrogen-bond acceptors (Lipinski definition) is 2. The smallest absolute Gasteiger partial charge is 0.122 e. The van der Waals surface area contributed by atoms with Gasteiger partial charge in [-0.1, -0.05) is 147 Å². The quantitative estimate of drug-likeness (QED) is 0.179. The Morgan fingerprint density at radius 2 is 1.00 bits per heavy atom. The average molecular weight is 640 g/mol. The van der Waals surface area contributed by atoms with Crippen molar-refractivity contribution in [1.29, 1.82) is 0 Å². The van der Waals surface area contributed by atoms with Crippen molar-refractivity contribution in [3.8, 4) is 50.2 Å². The van der Waals surface area contributed by atoms with E-state index in [1.54, 1.807) is 4.80 Å². The molecule has 50 heavy (non-hydrogen) atoms. The number of nitrogens with zero attached hydrogens (tertiary/aromatic N) is 3. The van der Waals surface area contributed by atoms with Gasteiger partial charge in [0.05, 0.1) is 5.69 Å². The Morgan fingerprint density at radius 3 is 1.76 bits per heavy atom. The van der Waals surface area contributed by atoms with E-state index in [4.69, 9.17) is 10.2 Å². The molecule has 1 aliphatic rings. The van der Waals surface area contributed by atoms with Gasteiger partial charge in [-0.05, 0) is 102 Å². The van der Waals surface area contributed by atoms with Gasteiger partial charge in [-0.25, -0.2) is 0 Å². The van der Waals surface area contributed by atoms with Gasteiger partial charge in [-0.2, -0.15) is 4.80 Å². The fourth-order valence-corrected chi connectivity index (χ4v) is 8.17. The van der Waals surface area contributed by atoms with Gasteiger partial charge in [0.1, 0.15) is 11.0 Å². The number of fused-ring (bicyclic) bond motifs is 8. The lowest BCUT2D eigenvalue weighted by Gasteiger charge is -2.22. The van der Waals surface area contributed by atoms with Gasteiger partial charge in [0.2, 0.25) is 0 Å². The number of rotatable bonds is 4. The summed E-state index contributed by atoms with van der Waals surface area (Å²) in [5, 5.41) is 14.5. The molecule has 0 atom stereocenters. The van der Waals surface area contributed by atoms with Crippen LogP contribution in [0.15, 0.2) is 164 Å². The average Bonchev–Trinajstić information content (AvgIpc) is 3.71. The molecule has 1 aromatic heterocycles. The van der Waals surface area contributed by atoms with Crippen LogP contribution in [0.4, 0.5) is 0 Å². The van der Waals surface area contributed by atoms with Crippen molar-refractivity contribution in [2.24, 2.45) is 0 Å². The second-order valence-corrected chi connectivity index (χ2v) is 13.9. The van der Waals surface area contributed by atoms with Crippen LogP contribution < -0.4 is 0 Å². The van der Waals surface area contributed by atoms with Crippen LogP contribution in [0.2, 0.25) is 0 Å². The van der Waals surface area contributed by atoms with Crippen LogP contribution in [-0.4, -0.2) is 15.0 Å². The molecule has 0 unspecified atom stereocenters. The van der Waals surface area contributed by atoms with Crippen LogP contribution in [0.25, 0.3) is 82.8 Å². The molecule has 3 heteroatoms. The third-order valence-corrected chi connectivity index (χ3v) is 10.7. The molecule has 0 radical (unpaired) electrons. The highest BCUT2D eigenvalue weighted by Gasteiger charge is 2.35. The van der Waals surface area contributed by atoms with Gasteiger partial charge in [0.15, 0.2) is 0 Å². The zero-order chi connectivity index (χ0) is 33.4. The van der Waals surface area contributed by atoms with Gasteiger partial charge >= 0.3 is 0 Å². The van der Waals surface area contributed by atoms with Crippen molar-refractivity contribution in [2.75, 3.05) is 0 Å². The molecule has 0 amide bonds. The maximum absolute atomic E-state index is 5.03. The lowest BCUT2D eigenvalue weighted by atomic mass is 9.81. The number of benzene rings is 8. The van der Waals surface area contributed by atoms with E-state index in [0.29, 0.717) is 0 Å². The highest BCUT2D eigenvalue weighted by atomic mass is 15.5. The summed E-state index contributed by atoms with van der Waals surface area (Å²) < 4.78 is 0. The van der Waals surface area contributed by atoms with Gasteiger partial charge < -0.3 is 0 Å². The summed E-state index contributed by atoms with van der Waals surface area (Å²) in [6.07, 6.45) is 0. The fourth-order valence-electron chi connectivity index (χ4n) is 8.17.